The molecular weight excluding hydrogens is 284 g/mol. The number of anilines is 2. The summed E-state index contributed by atoms with van der Waals surface area (Å²) in [5.74, 6) is -0.0846. The van der Waals surface area contributed by atoms with Crippen LogP contribution in [-0.2, 0) is 11.2 Å². The van der Waals surface area contributed by atoms with Gasteiger partial charge in [-0.05, 0) is 48.7 Å². The van der Waals surface area contributed by atoms with Crippen LogP contribution < -0.4 is 10.6 Å². The molecule has 0 bridgehead atoms. The van der Waals surface area contributed by atoms with Gasteiger partial charge in [-0.2, -0.15) is 0 Å². The average molecular weight is 303 g/mol. The maximum absolute atomic E-state index is 11.9. The minimum atomic E-state index is -0.0846. The number of carbonyl (C=O) groups is 1. The molecule has 0 spiro atoms. The van der Waals surface area contributed by atoms with Gasteiger partial charge in [0.05, 0.1) is 6.54 Å². The molecule has 0 atom stereocenters. The van der Waals surface area contributed by atoms with Gasteiger partial charge >= 0.3 is 0 Å². The van der Waals surface area contributed by atoms with Crippen LogP contribution in [0.15, 0.2) is 42.5 Å². The van der Waals surface area contributed by atoms with Crippen molar-refractivity contribution in [1.82, 2.24) is 0 Å². The summed E-state index contributed by atoms with van der Waals surface area (Å²) in [6, 6.07) is 13.5. The Labute approximate surface area is 130 Å². The van der Waals surface area contributed by atoms with E-state index in [1.54, 1.807) is 0 Å². The van der Waals surface area contributed by atoms with E-state index in [1.807, 2.05) is 49.4 Å². The van der Waals surface area contributed by atoms with Gasteiger partial charge in [0, 0.05) is 16.4 Å². The van der Waals surface area contributed by atoms with Gasteiger partial charge in [0.2, 0.25) is 5.91 Å². The second kappa shape index (κ2) is 7.14. The molecule has 1 amide bonds. The lowest BCUT2D eigenvalue weighted by atomic mass is 10.1. The van der Waals surface area contributed by atoms with Crippen LogP contribution in [0.5, 0.6) is 0 Å². The van der Waals surface area contributed by atoms with Crippen LogP contribution in [0.25, 0.3) is 0 Å². The highest BCUT2D eigenvalue weighted by atomic mass is 35.5. The van der Waals surface area contributed by atoms with Crippen molar-refractivity contribution in [2.45, 2.75) is 20.3 Å². The van der Waals surface area contributed by atoms with Crippen LogP contribution in [0, 0.1) is 6.92 Å². The van der Waals surface area contributed by atoms with Gasteiger partial charge in [-0.15, -0.1) is 0 Å². The van der Waals surface area contributed by atoms with Gasteiger partial charge in [0.1, 0.15) is 0 Å². The average Bonchev–Trinajstić information content (AvgIpc) is 2.49. The smallest absolute Gasteiger partial charge is 0.243 e. The summed E-state index contributed by atoms with van der Waals surface area (Å²) in [4.78, 5) is 11.9. The first-order valence-corrected chi connectivity index (χ1v) is 7.35. The topological polar surface area (TPSA) is 41.1 Å². The molecule has 0 aliphatic carbocycles. The summed E-state index contributed by atoms with van der Waals surface area (Å²) < 4.78 is 0. The minimum absolute atomic E-state index is 0.0846. The van der Waals surface area contributed by atoms with Crippen molar-refractivity contribution in [1.29, 1.82) is 0 Å². The lowest BCUT2D eigenvalue weighted by molar-refractivity contribution is -0.114. The maximum Gasteiger partial charge on any atom is 0.243 e. The molecule has 2 aromatic carbocycles. The van der Waals surface area contributed by atoms with Crippen LogP contribution in [0.2, 0.25) is 5.02 Å². The number of carbonyl (C=O) groups excluding carboxylic acids is 1. The molecule has 21 heavy (non-hydrogen) atoms. The highest BCUT2D eigenvalue weighted by molar-refractivity contribution is 6.31. The Balaban J connectivity index is 1.91. The number of hydrogen-bond acceptors (Lipinski definition) is 2. The third kappa shape index (κ3) is 4.23. The SMILES string of the molecule is CCc1ccc(NC(=O)CNc2cccc(Cl)c2C)cc1. The van der Waals surface area contributed by atoms with Crippen LogP contribution in [0.3, 0.4) is 0 Å². The van der Waals surface area contributed by atoms with Crippen molar-refractivity contribution in [3.05, 3.63) is 58.6 Å². The Bertz CT molecular complexity index is 623. The number of benzene rings is 2. The third-order valence-corrected chi connectivity index (χ3v) is 3.76. The van der Waals surface area contributed by atoms with Crippen molar-refractivity contribution in [3.8, 4) is 0 Å². The Morgan fingerprint density at radius 2 is 1.86 bits per heavy atom. The summed E-state index contributed by atoms with van der Waals surface area (Å²) in [5, 5.41) is 6.65. The predicted molar refractivity (Wildman–Crippen MR) is 89.1 cm³/mol. The first-order valence-electron chi connectivity index (χ1n) is 6.98. The molecule has 2 rings (SSSR count). The largest absolute Gasteiger partial charge is 0.376 e. The molecule has 0 unspecified atom stereocenters. The van der Waals surface area contributed by atoms with Crippen LogP contribution in [0.4, 0.5) is 11.4 Å². The Kier molecular flexibility index (Phi) is 5.23. The summed E-state index contributed by atoms with van der Waals surface area (Å²) in [6.45, 7) is 4.23. The van der Waals surface area contributed by atoms with Crippen molar-refractivity contribution in [3.63, 3.8) is 0 Å². The quantitative estimate of drug-likeness (QED) is 0.866. The van der Waals surface area contributed by atoms with Gasteiger partial charge in [-0.25, -0.2) is 0 Å². The molecule has 0 aliphatic heterocycles. The number of halogens is 1. The third-order valence-electron chi connectivity index (χ3n) is 3.35. The Morgan fingerprint density at radius 3 is 2.52 bits per heavy atom. The monoisotopic (exact) mass is 302 g/mol. The van der Waals surface area contributed by atoms with E-state index in [4.69, 9.17) is 11.6 Å². The highest BCUT2D eigenvalue weighted by Crippen LogP contribution is 2.22. The van der Waals surface area contributed by atoms with Crippen molar-refractivity contribution >= 4 is 28.9 Å². The Morgan fingerprint density at radius 1 is 1.14 bits per heavy atom. The highest BCUT2D eigenvalue weighted by Gasteiger charge is 2.05. The zero-order valence-corrected chi connectivity index (χ0v) is 13.0. The molecule has 110 valence electrons. The van der Waals surface area contributed by atoms with Gasteiger partial charge in [0.25, 0.3) is 0 Å². The zero-order valence-electron chi connectivity index (χ0n) is 12.2. The number of amides is 1. The lowest BCUT2D eigenvalue weighted by Gasteiger charge is -2.11. The number of aryl methyl sites for hydroxylation is 1. The van der Waals surface area contributed by atoms with Crippen molar-refractivity contribution in [2.75, 3.05) is 17.2 Å². The second-order valence-corrected chi connectivity index (χ2v) is 5.27. The molecule has 0 saturated heterocycles. The molecule has 0 aliphatic rings. The summed E-state index contributed by atoms with van der Waals surface area (Å²) >= 11 is 6.05. The molecule has 2 aromatic rings. The number of hydrogen-bond donors (Lipinski definition) is 2. The fourth-order valence-electron chi connectivity index (χ4n) is 2.00. The van der Waals surface area contributed by atoms with Crippen molar-refractivity contribution in [2.24, 2.45) is 0 Å². The number of nitrogens with one attached hydrogen (secondary N) is 2. The van der Waals surface area contributed by atoms with E-state index < -0.39 is 0 Å². The van der Waals surface area contributed by atoms with E-state index in [-0.39, 0.29) is 12.5 Å². The zero-order chi connectivity index (χ0) is 15.2. The Hall–Kier alpha value is -2.00. The minimum Gasteiger partial charge on any atom is -0.376 e. The summed E-state index contributed by atoms with van der Waals surface area (Å²) in [5.41, 5.74) is 3.88. The fourth-order valence-corrected chi connectivity index (χ4v) is 2.18. The standard InChI is InChI=1S/C17H19ClN2O/c1-3-13-7-9-14(10-8-13)20-17(21)11-19-16-6-4-5-15(18)12(16)2/h4-10,19H,3,11H2,1-2H3,(H,20,21). The van der Waals surface area contributed by atoms with Gasteiger partial charge in [0.15, 0.2) is 0 Å². The van der Waals surface area contributed by atoms with Gasteiger partial charge < -0.3 is 10.6 Å². The molecular formula is C17H19ClN2O. The van der Waals surface area contributed by atoms with E-state index in [0.29, 0.717) is 5.02 Å². The maximum atomic E-state index is 11.9. The van der Waals surface area contributed by atoms with E-state index in [0.717, 1.165) is 23.4 Å². The van der Waals surface area contributed by atoms with E-state index >= 15 is 0 Å². The van der Waals surface area contributed by atoms with Crippen LogP contribution in [-0.4, -0.2) is 12.5 Å². The molecule has 3 nitrogen and oxygen atoms in total. The normalized spacial score (nSPS) is 10.2. The molecule has 0 aromatic heterocycles. The lowest BCUT2D eigenvalue weighted by Crippen LogP contribution is -2.22. The summed E-state index contributed by atoms with van der Waals surface area (Å²) in [6.07, 6.45) is 0.990. The predicted octanol–water partition coefficient (Wildman–Crippen LogP) is 4.26. The molecule has 0 saturated carbocycles. The first-order chi connectivity index (χ1) is 10.1. The molecule has 4 heteroatoms. The van der Waals surface area contributed by atoms with Crippen LogP contribution >= 0.6 is 11.6 Å². The molecule has 0 heterocycles. The van der Waals surface area contributed by atoms with Crippen molar-refractivity contribution < 1.29 is 4.79 Å². The molecule has 0 fully saturated rings. The fraction of sp³-hybridized carbons (Fsp3) is 0.235. The molecule has 0 radical (unpaired) electrons. The van der Waals surface area contributed by atoms with Crippen LogP contribution in [0.1, 0.15) is 18.1 Å². The van der Waals surface area contributed by atoms with E-state index in [1.165, 1.54) is 5.56 Å². The second-order valence-electron chi connectivity index (χ2n) is 4.86. The first kappa shape index (κ1) is 15.4. The summed E-state index contributed by atoms with van der Waals surface area (Å²) in [7, 11) is 0. The number of rotatable bonds is 5. The van der Waals surface area contributed by atoms with Gasteiger partial charge in [-0.3, -0.25) is 4.79 Å². The van der Waals surface area contributed by atoms with E-state index in [9.17, 15) is 4.79 Å². The van der Waals surface area contributed by atoms with Gasteiger partial charge in [-0.1, -0.05) is 36.7 Å². The van der Waals surface area contributed by atoms with E-state index in [2.05, 4.69) is 17.6 Å². The molecule has 2 N–H and O–H groups in total.